The number of thioether (sulfide) groups is 3. The lowest BCUT2D eigenvalue weighted by Gasteiger charge is -2.21. The van der Waals surface area contributed by atoms with Gasteiger partial charge in [0.15, 0.2) is 0 Å². The summed E-state index contributed by atoms with van der Waals surface area (Å²) < 4.78 is 39.6. The number of anilines is 1. The molecule has 4 N–H and O–H groups in total. The monoisotopic (exact) mass is 583 g/mol. The van der Waals surface area contributed by atoms with E-state index in [9.17, 15) is 33.3 Å². The summed E-state index contributed by atoms with van der Waals surface area (Å²) in [4.78, 5) is 14.7. The van der Waals surface area contributed by atoms with E-state index in [1.165, 1.54) is 11.8 Å². The van der Waals surface area contributed by atoms with Gasteiger partial charge in [0.2, 0.25) is 0 Å². The normalized spacial score (nSPS) is 12.3. The van der Waals surface area contributed by atoms with Gasteiger partial charge in [-0.3, -0.25) is 4.79 Å². The molecule has 204 valence electrons. The first-order valence-electron chi connectivity index (χ1n) is 12.2. The third kappa shape index (κ3) is 6.29. The zero-order chi connectivity index (χ0) is 27.3. The summed E-state index contributed by atoms with van der Waals surface area (Å²) >= 11 is 4.66. The van der Waals surface area contributed by atoms with Crippen LogP contribution in [0.1, 0.15) is 19.3 Å². The molecule has 0 aliphatic heterocycles. The molecule has 0 aliphatic rings. The number of hydrogen-bond donors (Lipinski definition) is 4. The van der Waals surface area contributed by atoms with Gasteiger partial charge in [-0.1, -0.05) is 24.3 Å². The van der Waals surface area contributed by atoms with Crippen molar-refractivity contribution in [3.8, 4) is 0 Å². The lowest BCUT2D eigenvalue weighted by Crippen LogP contribution is -2.30. The van der Waals surface area contributed by atoms with Crippen LogP contribution in [0.2, 0.25) is 0 Å². The Labute approximate surface area is 230 Å². The van der Waals surface area contributed by atoms with Crippen LogP contribution in [-0.4, -0.2) is 64.5 Å². The highest BCUT2D eigenvalue weighted by Gasteiger charge is 2.39. The van der Waals surface area contributed by atoms with Gasteiger partial charge in [-0.05, 0) is 52.9 Å². The van der Waals surface area contributed by atoms with Crippen molar-refractivity contribution in [2.45, 2.75) is 40.1 Å². The number of amides is 1. The van der Waals surface area contributed by atoms with Gasteiger partial charge in [0.25, 0.3) is 0 Å². The van der Waals surface area contributed by atoms with E-state index in [2.05, 4.69) is 11.4 Å². The van der Waals surface area contributed by atoms with E-state index in [-0.39, 0.29) is 25.5 Å². The van der Waals surface area contributed by atoms with Crippen molar-refractivity contribution in [2.75, 3.05) is 42.4 Å². The Morgan fingerprint density at radius 1 is 0.684 bits per heavy atom. The smallest absolute Gasteiger partial charge is 0.396 e. The molecule has 0 heterocycles. The van der Waals surface area contributed by atoms with Crippen LogP contribution >= 0.6 is 35.3 Å². The van der Waals surface area contributed by atoms with Crippen LogP contribution in [0.5, 0.6) is 0 Å². The zero-order valence-electron chi connectivity index (χ0n) is 20.4. The van der Waals surface area contributed by atoms with Crippen molar-refractivity contribution in [3.05, 3.63) is 36.4 Å². The van der Waals surface area contributed by atoms with E-state index in [0.717, 1.165) is 41.6 Å². The number of carbonyl (C=O) groups excluding carboxylic acids is 1. The van der Waals surface area contributed by atoms with E-state index < -0.39 is 12.1 Å². The maximum atomic E-state index is 13.2. The maximum Gasteiger partial charge on any atom is 0.471 e. The molecule has 0 atom stereocenters. The summed E-state index contributed by atoms with van der Waals surface area (Å²) in [5.41, 5.74) is 0.0912. The summed E-state index contributed by atoms with van der Waals surface area (Å²) in [5, 5.41) is 34.9. The fourth-order valence-corrected chi connectivity index (χ4v) is 7.43. The van der Waals surface area contributed by atoms with Crippen molar-refractivity contribution in [1.29, 1.82) is 0 Å². The second kappa shape index (κ2) is 13.0. The van der Waals surface area contributed by atoms with Gasteiger partial charge in [0.1, 0.15) is 0 Å². The minimum absolute atomic E-state index is 0.000649. The Kier molecular flexibility index (Phi) is 9.94. The molecule has 0 spiro atoms. The topological polar surface area (TPSA) is 89.8 Å². The molecule has 11 heteroatoms. The number of aliphatic hydroxyl groups is 3. The average molecular weight is 584 g/mol. The SMILES string of the molecule is O=C(Nc1cc(SCCCO)c2ccc3c(SCCCO)cc(SCCCO)c4ccc1c2c43)C(F)(F)F. The summed E-state index contributed by atoms with van der Waals surface area (Å²) in [6.07, 6.45) is -3.26. The summed E-state index contributed by atoms with van der Waals surface area (Å²) in [5.74, 6) is -0.0518. The Morgan fingerprint density at radius 2 is 1.08 bits per heavy atom. The van der Waals surface area contributed by atoms with E-state index in [4.69, 9.17) is 0 Å². The van der Waals surface area contributed by atoms with Crippen molar-refractivity contribution in [3.63, 3.8) is 0 Å². The number of rotatable bonds is 13. The third-order valence-electron chi connectivity index (χ3n) is 5.97. The summed E-state index contributed by atoms with van der Waals surface area (Å²) in [6.45, 7) is 0.153. The van der Waals surface area contributed by atoms with E-state index in [1.807, 2.05) is 18.2 Å². The number of hydrogen-bond acceptors (Lipinski definition) is 7. The molecule has 38 heavy (non-hydrogen) atoms. The zero-order valence-corrected chi connectivity index (χ0v) is 22.9. The molecule has 0 unspecified atom stereocenters. The van der Waals surface area contributed by atoms with Crippen molar-refractivity contribution < 1.29 is 33.3 Å². The highest BCUT2D eigenvalue weighted by Crippen LogP contribution is 2.47. The van der Waals surface area contributed by atoms with Gasteiger partial charge < -0.3 is 20.6 Å². The van der Waals surface area contributed by atoms with E-state index in [1.54, 1.807) is 35.7 Å². The first-order valence-corrected chi connectivity index (χ1v) is 15.1. The number of nitrogens with one attached hydrogen (secondary N) is 1. The third-order valence-corrected chi connectivity index (χ3v) is 9.40. The predicted molar refractivity (Wildman–Crippen MR) is 152 cm³/mol. The van der Waals surface area contributed by atoms with Crippen molar-refractivity contribution >= 4 is 79.2 Å². The molecule has 0 fully saturated rings. The van der Waals surface area contributed by atoms with E-state index >= 15 is 0 Å². The molecule has 0 aromatic heterocycles. The first kappa shape index (κ1) is 29.1. The van der Waals surface area contributed by atoms with Crippen LogP contribution in [-0.2, 0) is 4.79 Å². The van der Waals surface area contributed by atoms with Crippen molar-refractivity contribution in [2.24, 2.45) is 0 Å². The molecule has 0 bridgehead atoms. The van der Waals surface area contributed by atoms with Crippen LogP contribution in [0, 0.1) is 0 Å². The molecule has 5 nitrogen and oxygen atoms in total. The predicted octanol–water partition coefficient (Wildman–Crippen LogP) is 6.51. The van der Waals surface area contributed by atoms with Gasteiger partial charge in [0, 0.05) is 62.5 Å². The average Bonchev–Trinajstić information content (AvgIpc) is 2.89. The quantitative estimate of drug-likeness (QED) is 0.0811. The molecule has 0 aliphatic carbocycles. The number of halogens is 3. The van der Waals surface area contributed by atoms with Gasteiger partial charge >= 0.3 is 12.1 Å². The van der Waals surface area contributed by atoms with Crippen LogP contribution in [0.15, 0.2) is 51.1 Å². The minimum atomic E-state index is -5.03. The molecule has 4 aromatic carbocycles. The molecule has 0 saturated carbocycles. The molecular formula is C27H28F3NO4S3. The summed E-state index contributed by atoms with van der Waals surface area (Å²) in [6, 6.07) is 11.3. The number of benzene rings is 4. The van der Waals surface area contributed by atoms with Gasteiger partial charge in [0.05, 0.1) is 5.69 Å². The van der Waals surface area contributed by atoms with Gasteiger partial charge in [-0.2, -0.15) is 13.2 Å². The van der Waals surface area contributed by atoms with Crippen molar-refractivity contribution in [1.82, 2.24) is 0 Å². The second-order valence-electron chi connectivity index (χ2n) is 8.60. The lowest BCUT2D eigenvalue weighted by molar-refractivity contribution is -0.167. The number of aliphatic hydroxyl groups excluding tert-OH is 3. The van der Waals surface area contributed by atoms with Crippen LogP contribution < -0.4 is 5.32 Å². The fourth-order valence-electron chi connectivity index (χ4n) is 4.29. The Hall–Kier alpha value is -1.89. The molecule has 4 rings (SSSR count). The molecular weight excluding hydrogens is 555 g/mol. The molecule has 0 radical (unpaired) electrons. The van der Waals surface area contributed by atoms with E-state index in [0.29, 0.717) is 41.9 Å². The Morgan fingerprint density at radius 3 is 1.50 bits per heavy atom. The van der Waals surface area contributed by atoms with Gasteiger partial charge in [-0.15, -0.1) is 35.3 Å². The second-order valence-corrected chi connectivity index (χ2v) is 12.0. The molecule has 4 aromatic rings. The Bertz CT molecular complexity index is 1380. The van der Waals surface area contributed by atoms with Gasteiger partial charge in [-0.25, -0.2) is 0 Å². The van der Waals surface area contributed by atoms with Crippen LogP contribution in [0.4, 0.5) is 18.9 Å². The highest BCUT2D eigenvalue weighted by atomic mass is 32.2. The standard InChI is InChI=1S/C27H28F3NO4S3/c28-27(29,30)26(35)31-20-14-21(36-11-1-8-32)17-6-7-19-23(38-13-3-10-34)15-22(37-12-2-9-33)18-5-4-16(20)24(17)25(18)19/h4-7,14-15,32-34H,1-3,8-13H2,(H,31,35). The number of carbonyl (C=O) groups is 1. The minimum Gasteiger partial charge on any atom is -0.396 e. The number of alkyl halides is 3. The highest BCUT2D eigenvalue weighted by molar-refractivity contribution is 8.00. The summed E-state index contributed by atoms with van der Waals surface area (Å²) in [7, 11) is 0. The maximum absolute atomic E-state index is 13.2. The Balaban J connectivity index is 1.99. The fraction of sp³-hybridized carbons (Fsp3) is 0.370. The lowest BCUT2D eigenvalue weighted by atomic mass is 9.93. The molecule has 0 saturated heterocycles. The largest absolute Gasteiger partial charge is 0.471 e. The van der Waals surface area contributed by atoms with Crippen LogP contribution in [0.25, 0.3) is 32.3 Å². The molecule has 1 amide bonds. The first-order chi connectivity index (χ1) is 18.3. The van der Waals surface area contributed by atoms with Crippen LogP contribution in [0.3, 0.4) is 0 Å².